The number of halogens is 1. The number of likely N-dealkylation sites (tertiary alicyclic amines) is 2. The molecule has 0 bridgehead atoms. The molecule has 22 nitrogen and oxygen atoms in total. The maximum Gasteiger partial charge on any atom is 0.247 e. The van der Waals surface area contributed by atoms with E-state index in [9.17, 15) is 9.59 Å². The van der Waals surface area contributed by atoms with E-state index in [1.165, 1.54) is 44.8 Å². The van der Waals surface area contributed by atoms with Crippen molar-refractivity contribution in [2.24, 2.45) is 0 Å². The highest BCUT2D eigenvalue weighted by molar-refractivity contribution is 6.66. The minimum absolute atomic E-state index is 0.301. The summed E-state index contributed by atoms with van der Waals surface area (Å²) < 4.78 is 25.8. The van der Waals surface area contributed by atoms with Crippen LogP contribution in [-0.4, -0.2) is 155 Å². The number of benzene rings is 4. The number of carbonyl (C=O) groups is 2. The molecule has 23 heteroatoms. The first-order valence-electron chi connectivity index (χ1n) is 26.4. The third-order valence-corrected chi connectivity index (χ3v) is 13.9. The van der Waals surface area contributed by atoms with Crippen molar-refractivity contribution in [3.05, 3.63) is 123 Å². The van der Waals surface area contributed by atoms with Crippen LogP contribution in [0.4, 0.5) is 46.0 Å². The summed E-state index contributed by atoms with van der Waals surface area (Å²) >= 11 is 4.71. The van der Waals surface area contributed by atoms with E-state index >= 15 is 0 Å². The fraction of sp³-hybridized carbons (Fsp3) is 0.310. The second-order valence-electron chi connectivity index (χ2n) is 18.9. The fourth-order valence-electron chi connectivity index (χ4n) is 9.52. The number of methoxy groups -OCH3 is 4. The third kappa shape index (κ3) is 14.4. The molecule has 0 atom stereocenters. The lowest BCUT2D eigenvalue weighted by molar-refractivity contribution is -0.112. The van der Waals surface area contributed by atoms with Crippen LogP contribution in [0.5, 0.6) is 23.0 Å². The van der Waals surface area contributed by atoms with Gasteiger partial charge in [-0.2, -0.15) is 20.2 Å². The van der Waals surface area contributed by atoms with Crippen LogP contribution in [0.15, 0.2) is 123 Å². The summed E-state index contributed by atoms with van der Waals surface area (Å²) in [6.07, 6.45) is 14.2. The number of ether oxygens (including phenoxy) is 4. The lowest BCUT2D eigenvalue weighted by Gasteiger charge is -2.26. The van der Waals surface area contributed by atoms with Gasteiger partial charge in [-0.05, 0) is 112 Å². The average molecular weight is 1120 g/mol. The molecule has 0 spiro atoms. The SMILES string of the molecule is C=CC(=O)Cl.C=CC(=O)Nc1cc(Nc2nccc(-n3ncc4c(OC)cccc43)n2)c(OC)cc1N(C)CCN1CCCC1.COc1cc(N(C)CCN2CCCC2)c(N)cc1Nc1nccc(-n2ncc3c(OC)cccc32)n1. The van der Waals surface area contributed by atoms with Crippen molar-refractivity contribution in [1.82, 2.24) is 49.3 Å². The smallest absolute Gasteiger partial charge is 0.247 e. The molecule has 0 unspecified atom stereocenters. The summed E-state index contributed by atoms with van der Waals surface area (Å²) in [5.41, 5.74) is 12.6. The summed E-state index contributed by atoms with van der Waals surface area (Å²) in [6, 6.07) is 22.7. The quantitative estimate of drug-likeness (QED) is 0.0299. The first-order valence-corrected chi connectivity index (χ1v) is 26.8. The number of hydrogen-bond donors (Lipinski definition) is 4. The van der Waals surface area contributed by atoms with Gasteiger partial charge in [0.25, 0.3) is 0 Å². The Morgan fingerprint density at radius 2 is 1.07 bits per heavy atom. The van der Waals surface area contributed by atoms with Crippen LogP contribution in [0.25, 0.3) is 33.4 Å². The van der Waals surface area contributed by atoms with Gasteiger partial charge in [0.05, 0.1) is 96.8 Å². The molecular weight excluding hydrogens is 1050 g/mol. The van der Waals surface area contributed by atoms with Crippen LogP contribution in [-0.2, 0) is 9.59 Å². The normalized spacial score (nSPS) is 13.1. The number of hydrogen-bond acceptors (Lipinski definition) is 19. The number of anilines is 8. The molecule has 0 aliphatic carbocycles. The Hall–Kier alpha value is -8.99. The number of amides is 1. The summed E-state index contributed by atoms with van der Waals surface area (Å²) in [6.45, 7) is 15.0. The molecule has 0 radical (unpaired) electrons. The minimum atomic E-state index is -0.509. The zero-order chi connectivity index (χ0) is 57.4. The molecule has 1 amide bonds. The van der Waals surface area contributed by atoms with Gasteiger partial charge in [-0.1, -0.05) is 25.3 Å². The Labute approximate surface area is 476 Å². The van der Waals surface area contributed by atoms with Crippen LogP contribution >= 0.6 is 11.6 Å². The molecule has 81 heavy (non-hydrogen) atoms. The molecule has 5 N–H and O–H groups in total. The van der Waals surface area contributed by atoms with Gasteiger partial charge in [-0.3, -0.25) is 9.59 Å². The number of nitrogens with one attached hydrogen (secondary N) is 3. The summed E-state index contributed by atoms with van der Waals surface area (Å²) in [7, 11) is 10.6. The topological polar surface area (TPSA) is 233 Å². The van der Waals surface area contributed by atoms with Crippen LogP contribution in [0.1, 0.15) is 25.7 Å². The fourth-order valence-corrected chi connectivity index (χ4v) is 9.52. The number of nitrogens with two attached hydrogens (primary N) is 1. The zero-order valence-electron chi connectivity index (χ0n) is 46.6. The van der Waals surface area contributed by atoms with Gasteiger partial charge in [0.2, 0.25) is 23.0 Å². The van der Waals surface area contributed by atoms with E-state index in [4.69, 9.17) is 41.3 Å². The molecule has 8 aromatic rings. The van der Waals surface area contributed by atoms with E-state index in [2.05, 4.69) is 80.9 Å². The lowest BCUT2D eigenvalue weighted by Crippen LogP contribution is -2.32. The van der Waals surface area contributed by atoms with Gasteiger partial charge in [0.15, 0.2) is 11.6 Å². The molecule has 2 aliphatic heterocycles. The Morgan fingerprint density at radius 3 is 1.52 bits per heavy atom. The van der Waals surface area contributed by atoms with Gasteiger partial charge in [0, 0.05) is 76.9 Å². The van der Waals surface area contributed by atoms with E-state index < -0.39 is 5.24 Å². The largest absolute Gasteiger partial charge is 0.496 e. The standard InChI is InChI=1S/C29H34N8O3.C26H32N8O2.C3H3ClO/c1-5-28(38)32-21-17-22(26(40-4)18-24(21)35(2)15-16-36-13-6-7-14-36)33-29-30-12-11-27(34-29)37-23-9-8-10-25(39-3)20(23)19-31-37;1-32(13-14-33-11-4-5-12-33)22-16-24(36-3)20(15-19(22)27)30-26-28-10-9-25(31-26)34-21-7-6-8-23(35-2)18(21)17-29-34;1-2-3(4)5/h5,8-12,17-19H,1,6-7,13-16H2,2-4H3,(H,32,38)(H,30,33,34);6-10,15-17H,4-5,11-14,27H2,1-3H3,(H,28,30,31);2H,1H2. The van der Waals surface area contributed by atoms with Crippen molar-refractivity contribution in [2.75, 3.05) is 126 Å². The Balaban J connectivity index is 0.000000197. The predicted octanol–water partition coefficient (Wildman–Crippen LogP) is 8.86. The second-order valence-corrected chi connectivity index (χ2v) is 19.3. The second kappa shape index (κ2) is 27.7. The number of likely N-dealkylation sites (N-methyl/N-ethyl adjacent to an activating group) is 2. The molecule has 4 aromatic carbocycles. The molecule has 2 aliphatic rings. The monoisotopic (exact) mass is 1120 g/mol. The maximum atomic E-state index is 12.3. The highest BCUT2D eigenvalue weighted by Gasteiger charge is 2.21. The highest BCUT2D eigenvalue weighted by atomic mass is 35.5. The zero-order valence-corrected chi connectivity index (χ0v) is 47.3. The number of allylic oxidation sites excluding steroid dienone is 1. The van der Waals surface area contributed by atoms with Crippen molar-refractivity contribution in [3.8, 4) is 34.6 Å². The van der Waals surface area contributed by atoms with Gasteiger partial charge in [-0.25, -0.2) is 19.3 Å². The van der Waals surface area contributed by atoms with E-state index in [1.54, 1.807) is 74.7 Å². The van der Waals surface area contributed by atoms with Crippen molar-refractivity contribution in [3.63, 3.8) is 0 Å². The van der Waals surface area contributed by atoms with E-state index in [0.29, 0.717) is 57.8 Å². The number of fused-ring (bicyclic) bond motifs is 2. The predicted molar refractivity (Wildman–Crippen MR) is 321 cm³/mol. The molecule has 10 rings (SSSR count). The molecule has 2 fully saturated rings. The maximum absolute atomic E-state index is 12.3. The van der Waals surface area contributed by atoms with Crippen LogP contribution in [0, 0.1) is 0 Å². The minimum Gasteiger partial charge on any atom is -0.496 e. The van der Waals surface area contributed by atoms with Crippen molar-refractivity contribution in [1.29, 1.82) is 0 Å². The number of aromatic nitrogens is 8. The first-order chi connectivity index (χ1) is 39.3. The number of carbonyl (C=O) groups excluding carboxylic acids is 2. The van der Waals surface area contributed by atoms with Crippen molar-refractivity contribution >= 4 is 90.6 Å². The van der Waals surface area contributed by atoms with Gasteiger partial charge >= 0.3 is 0 Å². The van der Waals surface area contributed by atoms with Gasteiger partial charge in [-0.15, -0.1) is 0 Å². The Morgan fingerprint density at radius 1 is 0.630 bits per heavy atom. The number of rotatable bonds is 21. The summed E-state index contributed by atoms with van der Waals surface area (Å²) in [5.74, 6) is 4.41. The van der Waals surface area contributed by atoms with E-state index in [0.717, 1.165) is 90.0 Å². The molecule has 424 valence electrons. The first kappa shape index (κ1) is 58.2. The van der Waals surface area contributed by atoms with Gasteiger partial charge < -0.3 is 60.2 Å². The number of nitrogen functional groups attached to an aromatic ring is 1. The lowest BCUT2D eigenvalue weighted by atomic mass is 10.2. The highest BCUT2D eigenvalue weighted by Crippen LogP contribution is 2.39. The van der Waals surface area contributed by atoms with Crippen molar-refractivity contribution < 1.29 is 28.5 Å². The molecule has 2 saturated heterocycles. The third-order valence-electron chi connectivity index (χ3n) is 13.8. The number of nitrogens with zero attached hydrogens (tertiary/aromatic N) is 12. The molecular formula is C58H69ClN16O6. The Bertz CT molecular complexity index is 3470. The van der Waals surface area contributed by atoms with Gasteiger partial charge in [0.1, 0.15) is 23.0 Å². The van der Waals surface area contributed by atoms with E-state index in [1.807, 2.05) is 67.7 Å². The van der Waals surface area contributed by atoms with Crippen LogP contribution in [0.3, 0.4) is 0 Å². The van der Waals surface area contributed by atoms with Crippen molar-refractivity contribution in [2.45, 2.75) is 25.7 Å². The summed E-state index contributed by atoms with van der Waals surface area (Å²) in [4.78, 5) is 49.2. The van der Waals surface area contributed by atoms with E-state index in [-0.39, 0.29) is 5.91 Å². The van der Waals surface area contributed by atoms with Crippen LogP contribution < -0.4 is 50.4 Å². The average Bonchev–Trinajstić information content (AvgIpc) is 4.58. The Kier molecular flexibility index (Phi) is 19.9. The molecule has 0 saturated carbocycles. The molecule has 4 aromatic heterocycles. The summed E-state index contributed by atoms with van der Waals surface area (Å²) in [5, 5.41) is 19.8. The molecule has 6 heterocycles. The van der Waals surface area contributed by atoms with Crippen LogP contribution in [0.2, 0.25) is 0 Å².